The second kappa shape index (κ2) is 14.5. The summed E-state index contributed by atoms with van der Waals surface area (Å²) in [6, 6.07) is 9.00. The average molecular weight is 773 g/mol. The zero-order chi connectivity index (χ0) is 36.1. The van der Waals surface area contributed by atoms with E-state index in [4.69, 9.17) is 44.8 Å². The van der Waals surface area contributed by atoms with Crippen molar-refractivity contribution in [3.8, 4) is 22.2 Å². The molecule has 0 bridgehead atoms. The van der Waals surface area contributed by atoms with Crippen LogP contribution in [0.25, 0.3) is 21.5 Å². The summed E-state index contributed by atoms with van der Waals surface area (Å²) < 4.78 is 66.9. The van der Waals surface area contributed by atoms with Crippen molar-refractivity contribution in [3.63, 3.8) is 0 Å². The molecular formula is C36H41ClN4O9S2. The van der Waals surface area contributed by atoms with E-state index in [2.05, 4.69) is 22.9 Å². The van der Waals surface area contributed by atoms with Crippen LogP contribution in [0.5, 0.6) is 10.9 Å². The van der Waals surface area contributed by atoms with Crippen molar-refractivity contribution in [3.05, 3.63) is 57.8 Å². The Bertz CT molecular complexity index is 2080. The molecule has 2 aromatic carbocycles. The summed E-state index contributed by atoms with van der Waals surface area (Å²) in [5.74, 6) is 0.798. The van der Waals surface area contributed by atoms with Crippen LogP contribution in [-0.4, -0.2) is 85.6 Å². The lowest BCUT2D eigenvalue weighted by Gasteiger charge is -2.17. The van der Waals surface area contributed by atoms with E-state index in [1.165, 1.54) is 21.7 Å². The average Bonchev–Trinajstić information content (AvgIpc) is 3.62. The molecule has 13 nitrogen and oxygen atoms in total. The highest BCUT2D eigenvalue weighted by molar-refractivity contribution is 7.87. The van der Waals surface area contributed by atoms with Crippen LogP contribution in [0.2, 0.25) is 5.02 Å². The van der Waals surface area contributed by atoms with Crippen molar-refractivity contribution in [1.82, 2.24) is 19.2 Å². The Morgan fingerprint density at radius 1 is 1.12 bits per heavy atom. The number of carbonyl (C=O) groups excluding carboxylic acids is 1. The van der Waals surface area contributed by atoms with Crippen LogP contribution >= 0.6 is 22.9 Å². The molecule has 3 saturated heterocycles. The summed E-state index contributed by atoms with van der Waals surface area (Å²) >= 11 is 7.93. The number of fused-ring (bicyclic) bond motifs is 2. The minimum Gasteiger partial charge on any atom is -0.489 e. The van der Waals surface area contributed by atoms with Gasteiger partial charge >= 0.3 is 10.2 Å². The molecule has 4 aromatic rings. The third kappa shape index (κ3) is 7.04. The van der Waals surface area contributed by atoms with Crippen molar-refractivity contribution in [2.75, 3.05) is 26.3 Å². The largest absolute Gasteiger partial charge is 0.489 e. The minimum atomic E-state index is -3.96. The molecule has 1 amide bonds. The normalized spacial score (nSPS) is 23.5. The van der Waals surface area contributed by atoms with E-state index >= 15 is 0 Å². The fourth-order valence-electron chi connectivity index (χ4n) is 7.12. The quantitative estimate of drug-likeness (QED) is 0.170. The van der Waals surface area contributed by atoms with Gasteiger partial charge in [0.25, 0.3) is 11.1 Å². The number of aryl methyl sites for hydroxylation is 1. The van der Waals surface area contributed by atoms with Crippen LogP contribution in [0.1, 0.15) is 79.6 Å². The monoisotopic (exact) mass is 772 g/mol. The minimum absolute atomic E-state index is 0.144. The van der Waals surface area contributed by atoms with E-state index in [1.807, 2.05) is 26.0 Å². The number of hydrogen-bond acceptors (Lipinski definition) is 12. The van der Waals surface area contributed by atoms with Gasteiger partial charge in [0.2, 0.25) is 0 Å². The zero-order valence-corrected chi connectivity index (χ0v) is 31.5. The highest BCUT2D eigenvalue weighted by Gasteiger charge is 2.50. The third-order valence-corrected chi connectivity index (χ3v) is 12.5. The number of amides is 1. The number of thiazole rings is 1. The molecule has 0 unspecified atom stereocenters. The van der Waals surface area contributed by atoms with Gasteiger partial charge in [0, 0.05) is 35.7 Å². The summed E-state index contributed by atoms with van der Waals surface area (Å²) in [6.45, 7) is 7.46. The number of ether oxygens (including phenoxy) is 5. The zero-order valence-electron chi connectivity index (χ0n) is 29.1. The predicted octanol–water partition coefficient (Wildman–Crippen LogP) is 6.03. The third-order valence-electron chi connectivity index (χ3n) is 9.83. The lowest BCUT2D eigenvalue weighted by molar-refractivity contribution is -0.0428. The Morgan fingerprint density at radius 2 is 1.87 bits per heavy atom. The smallest absolute Gasteiger partial charge is 0.304 e. The summed E-state index contributed by atoms with van der Waals surface area (Å²) in [4.78, 5) is 17.9. The molecule has 1 aliphatic carbocycles. The first-order chi connectivity index (χ1) is 25.1. The topological polar surface area (TPSA) is 152 Å². The Balaban J connectivity index is 0.970. The number of carbonyl (C=O) groups is 1. The van der Waals surface area contributed by atoms with Gasteiger partial charge in [-0.05, 0) is 69.7 Å². The molecule has 278 valence electrons. The number of aromatic nitrogens is 2. The van der Waals surface area contributed by atoms with Crippen molar-refractivity contribution in [2.45, 2.75) is 95.9 Å². The van der Waals surface area contributed by atoms with E-state index in [-0.39, 0.29) is 43.2 Å². The Labute approximate surface area is 311 Å². The van der Waals surface area contributed by atoms with E-state index in [0.29, 0.717) is 51.8 Å². The van der Waals surface area contributed by atoms with Crippen LogP contribution in [0.4, 0.5) is 0 Å². The summed E-state index contributed by atoms with van der Waals surface area (Å²) in [6.07, 6.45) is 2.67. The molecular weight excluding hydrogens is 732 g/mol. The van der Waals surface area contributed by atoms with E-state index < -0.39 is 22.2 Å². The second-order valence-corrected chi connectivity index (χ2v) is 17.0. The molecule has 52 heavy (non-hydrogen) atoms. The first-order valence-corrected chi connectivity index (χ1v) is 20.4. The molecule has 4 fully saturated rings. The van der Waals surface area contributed by atoms with Crippen molar-refractivity contribution >= 4 is 49.3 Å². The standard InChI is InChI=1S/C36H41ClN4O9S2/c1-4-20-8-7-9-24(37)29(20)30-23(32(50-39-30)21-10-11-21)16-45-26-17-46-34-27(18-47-33(26)34)49-36-38-31-25(48-19(2)3)14-22(15-28(31)51-36)35(42)40-52(43,44)41-12-5-6-13-41/h7-9,14-15,19,21,26-27,33-34H,4-6,10-13,16-18H2,1-3H3,(H,40,42)/t26-,27-,33-,34-/m1/s1. The summed E-state index contributed by atoms with van der Waals surface area (Å²) in [5.41, 5.74) is 4.26. The molecule has 4 atom stereocenters. The van der Waals surface area contributed by atoms with Crippen LogP contribution < -0.4 is 14.2 Å². The molecule has 1 saturated carbocycles. The molecule has 0 radical (unpaired) electrons. The van der Waals surface area contributed by atoms with Crippen LogP contribution in [0.15, 0.2) is 34.9 Å². The molecule has 5 heterocycles. The van der Waals surface area contributed by atoms with E-state index in [9.17, 15) is 13.2 Å². The first-order valence-electron chi connectivity index (χ1n) is 17.8. The lowest BCUT2D eigenvalue weighted by atomic mass is 9.98. The maximum Gasteiger partial charge on any atom is 0.304 e. The van der Waals surface area contributed by atoms with Gasteiger partial charge in [-0.25, -0.2) is 4.72 Å². The van der Waals surface area contributed by atoms with Crippen LogP contribution in [0, 0.1) is 0 Å². The van der Waals surface area contributed by atoms with E-state index in [1.54, 1.807) is 6.07 Å². The van der Waals surface area contributed by atoms with Crippen molar-refractivity contribution in [2.24, 2.45) is 0 Å². The Morgan fingerprint density at radius 3 is 2.60 bits per heavy atom. The maximum atomic E-state index is 13.2. The van der Waals surface area contributed by atoms with Gasteiger partial charge in [-0.15, -0.1) is 0 Å². The van der Waals surface area contributed by atoms with Crippen LogP contribution in [0.3, 0.4) is 0 Å². The molecule has 4 aliphatic rings. The summed E-state index contributed by atoms with van der Waals surface area (Å²) in [7, 11) is -3.96. The SMILES string of the molecule is CCc1cccc(Cl)c1-c1noc(C2CC2)c1CO[C@@H]1CO[C@H]2[C@@H]1OC[C@H]2Oc1nc2c(OC(C)C)cc(C(=O)NS(=O)(=O)N3CCCC3)cc2s1. The lowest BCUT2D eigenvalue weighted by Crippen LogP contribution is -2.42. The fraction of sp³-hybridized carbons (Fsp3) is 0.528. The fourth-order valence-corrected chi connectivity index (χ4v) is 9.55. The van der Waals surface area contributed by atoms with E-state index in [0.717, 1.165) is 60.2 Å². The molecule has 0 spiro atoms. The Kier molecular flexibility index (Phi) is 9.95. The van der Waals surface area contributed by atoms with Gasteiger partial charge in [-0.3, -0.25) is 4.79 Å². The van der Waals surface area contributed by atoms with Gasteiger partial charge < -0.3 is 28.2 Å². The molecule has 1 N–H and O–H groups in total. The van der Waals surface area contributed by atoms with Gasteiger partial charge in [0.05, 0.1) is 35.6 Å². The number of benzene rings is 2. The highest BCUT2D eigenvalue weighted by Crippen LogP contribution is 2.46. The van der Waals surface area contributed by atoms with Crippen molar-refractivity contribution < 1.29 is 41.4 Å². The predicted molar refractivity (Wildman–Crippen MR) is 193 cm³/mol. The Hall–Kier alpha value is -3.31. The second-order valence-electron chi connectivity index (χ2n) is 13.9. The number of nitrogens with one attached hydrogen (secondary N) is 1. The molecule has 8 rings (SSSR count). The molecule has 3 aliphatic heterocycles. The van der Waals surface area contributed by atoms with Gasteiger partial charge in [-0.1, -0.05) is 47.2 Å². The van der Waals surface area contributed by atoms with Gasteiger partial charge in [0.15, 0.2) is 6.10 Å². The van der Waals surface area contributed by atoms with Crippen molar-refractivity contribution in [1.29, 1.82) is 0 Å². The first kappa shape index (κ1) is 35.7. The van der Waals surface area contributed by atoms with Gasteiger partial charge in [-0.2, -0.15) is 17.7 Å². The number of nitrogens with zero attached hydrogens (tertiary/aromatic N) is 3. The van der Waals surface area contributed by atoms with Crippen LogP contribution in [-0.2, 0) is 37.4 Å². The number of hydrogen-bond donors (Lipinski definition) is 1. The highest BCUT2D eigenvalue weighted by atomic mass is 35.5. The maximum absolute atomic E-state index is 13.2. The van der Waals surface area contributed by atoms with Gasteiger partial charge in [0.1, 0.15) is 41.0 Å². The number of rotatable bonds is 13. The molecule has 2 aromatic heterocycles. The summed E-state index contributed by atoms with van der Waals surface area (Å²) in [5, 5.41) is 5.46. The number of halogens is 1. The molecule has 16 heteroatoms.